The average molecular weight is 681 g/mol. The number of amides is 6. The lowest BCUT2D eigenvalue weighted by atomic mass is 10.1. The first-order valence-corrected chi connectivity index (χ1v) is 15.2. The Kier molecular flexibility index (Phi) is 25.8. The lowest BCUT2D eigenvalue weighted by Gasteiger charge is -2.19. The first-order valence-electron chi connectivity index (χ1n) is 14.5. The van der Waals surface area contributed by atoms with Gasteiger partial charge in [0.2, 0.25) is 35.4 Å². The van der Waals surface area contributed by atoms with Crippen LogP contribution in [0.1, 0.15) is 19.3 Å². The molecule has 0 saturated carbocycles. The van der Waals surface area contributed by atoms with Gasteiger partial charge in [-0.1, -0.05) is 0 Å². The van der Waals surface area contributed by atoms with Crippen molar-refractivity contribution in [3.63, 3.8) is 0 Å². The predicted octanol–water partition coefficient (Wildman–Crippen LogP) is -5.56. The number of rotatable bonds is 30. The van der Waals surface area contributed by atoms with Crippen LogP contribution in [0.3, 0.4) is 0 Å². The molecule has 0 aliphatic heterocycles. The van der Waals surface area contributed by atoms with Gasteiger partial charge in [-0.25, -0.2) is 0 Å². The summed E-state index contributed by atoms with van der Waals surface area (Å²) >= 11 is 3.95. The van der Waals surface area contributed by atoms with E-state index in [4.69, 9.17) is 36.1 Å². The van der Waals surface area contributed by atoms with Gasteiger partial charge in [0.1, 0.15) is 18.4 Å². The van der Waals surface area contributed by atoms with Gasteiger partial charge in [-0.3, -0.25) is 28.8 Å². The van der Waals surface area contributed by atoms with Crippen LogP contribution < -0.4 is 43.8 Å². The number of carbonyl (C=O) groups is 7. The molecular formula is C26H48N8O11S. The second-order valence-corrected chi connectivity index (χ2v) is 9.83. The molecule has 0 radical (unpaired) electrons. The average Bonchev–Trinajstić information content (AvgIpc) is 3.02. The Balaban J connectivity index is 3.99. The van der Waals surface area contributed by atoms with Gasteiger partial charge in [0.25, 0.3) is 0 Å². The molecule has 0 aromatic heterocycles. The third-order valence-electron chi connectivity index (χ3n) is 5.67. The Bertz CT molecular complexity index is 948. The lowest BCUT2D eigenvalue weighted by Crippen LogP contribution is -2.51. The fourth-order valence-electron chi connectivity index (χ4n) is 3.31. The number of carbonyl (C=O) groups excluding carboxylic acids is 7. The van der Waals surface area contributed by atoms with E-state index in [1.807, 2.05) is 0 Å². The minimum Gasteiger partial charge on any atom is -0.379 e. The van der Waals surface area contributed by atoms with Crippen LogP contribution in [0.5, 0.6) is 0 Å². The van der Waals surface area contributed by atoms with Crippen LogP contribution in [0.4, 0.5) is 0 Å². The highest BCUT2D eigenvalue weighted by Gasteiger charge is 2.21. The van der Waals surface area contributed by atoms with Crippen molar-refractivity contribution in [3.05, 3.63) is 0 Å². The molecule has 19 nitrogen and oxygen atoms in total. The van der Waals surface area contributed by atoms with E-state index < -0.39 is 47.7 Å². The zero-order valence-corrected chi connectivity index (χ0v) is 26.7. The van der Waals surface area contributed by atoms with Gasteiger partial charge >= 0.3 is 0 Å². The third-order valence-corrected chi connectivity index (χ3v) is 6.04. The van der Waals surface area contributed by atoms with Crippen molar-refractivity contribution < 1.29 is 52.5 Å². The Hall–Kier alpha value is -3.40. The molecule has 11 N–H and O–H groups in total. The highest BCUT2D eigenvalue weighted by atomic mass is 32.1. The molecular weight excluding hydrogens is 632 g/mol. The Morgan fingerprint density at radius 3 is 1.80 bits per heavy atom. The molecule has 0 heterocycles. The van der Waals surface area contributed by atoms with Crippen molar-refractivity contribution in [1.29, 1.82) is 0 Å². The van der Waals surface area contributed by atoms with Crippen molar-refractivity contribution in [1.82, 2.24) is 26.6 Å². The molecule has 6 amide bonds. The standard InChI is InChI=1S/C26H48N8O11S/c27-13-23(38)32-18(16-35)14-30-15-24(39)33-19(1-2-21(28)36)26(41)31-4-6-43-8-10-45-12-11-44-9-7-42-5-3-22(37)34-20(17-46)25(29)40/h16,18-20,30,46H,1-15,17,27H2,(H2,28,36)(H2,29,40)(H,31,41)(H,32,38)(H,33,39)(H,34,37). The fourth-order valence-corrected chi connectivity index (χ4v) is 3.58. The van der Waals surface area contributed by atoms with Gasteiger partial charge in [-0.15, -0.1) is 0 Å². The summed E-state index contributed by atoms with van der Waals surface area (Å²) in [4.78, 5) is 81.1. The number of nitrogens with one attached hydrogen (secondary N) is 5. The zero-order valence-electron chi connectivity index (χ0n) is 25.8. The Morgan fingerprint density at radius 1 is 0.717 bits per heavy atom. The van der Waals surface area contributed by atoms with E-state index in [-0.39, 0.29) is 90.1 Å². The summed E-state index contributed by atoms with van der Waals surface area (Å²) in [5.74, 6) is -3.19. The number of aldehydes is 1. The summed E-state index contributed by atoms with van der Waals surface area (Å²) in [6.45, 7) is 1.62. The van der Waals surface area contributed by atoms with Gasteiger partial charge in [0, 0.05) is 31.7 Å². The van der Waals surface area contributed by atoms with Crippen LogP contribution in [-0.4, -0.2) is 145 Å². The number of thiol groups is 1. The maximum Gasteiger partial charge on any atom is 0.242 e. The molecule has 3 unspecified atom stereocenters. The van der Waals surface area contributed by atoms with E-state index in [1.165, 1.54) is 0 Å². The Labute approximate surface area is 272 Å². The molecule has 0 aliphatic carbocycles. The molecule has 0 fully saturated rings. The number of primary amides is 2. The van der Waals surface area contributed by atoms with Gasteiger partial charge < -0.3 is 67.5 Å². The molecule has 0 aromatic carbocycles. The molecule has 3 atom stereocenters. The maximum atomic E-state index is 12.6. The van der Waals surface area contributed by atoms with Crippen molar-refractivity contribution in [3.8, 4) is 0 Å². The van der Waals surface area contributed by atoms with Crippen LogP contribution in [-0.2, 0) is 52.5 Å². The Morgan fingerprint density at radius 2 is 1.28 bits per heavy atom. The second-order valence-electron chi connectivity index (χ2n) is 9.47. The summed E-state index contributed by atoms with van der Waals surface area (Å²) < 4.78 is 21.4. The van der Waals surface area contributed by atoms with Crippen molar-refractivity contribution >= 4 is 54.4 Å². The smallest absolute Gasteiger partial charge is 0.242 e. The van der Waals surface area contributed by atoms with E-state index in [0.717, 1.165) is 0 Å². The first kappa shape index (κ1) is 42.6. The monoisotopic (exact) mass is 680 g/mol. The maximum absolute atomic E-state index is 12.6. The van der Waals surface area contributed by atoms with Gasteiger partial charge in [0.05, 0.1) is 72.0 Å². The van der Waals surface area contributed by atoms with E-state index in [0.29, 0.717) is 26.1 Å². The number of nitrogens with two attached hydrogens (primary N) is 3. The fraction of sp³-hybridized carbons (Fsp3) is 0.731. The highest BCUT2D eigenvalue weighted by molar-refractivity contribution is 7.80. The van der Waals surface area contributed by atoms with E-state index in [9.17, 15) is 33.6 Å². The van der Waals surface area contributed by atoms with E-state index in [1.54, 1.807) is 0 Å². The third kappa shape index (κ3) is 23.9. The largest absolute Gasteiger partial charge is 0.379 e. The summed E-state index contributed by atoms with van der Waals surface area (Å²) in [7, 11) is 0. The van der Waals surface area contributed by atoms with Crippen LogP contribution in [0.25, 0.3) is 0 Å². The van der Waals surface area contributed by atoms with Crippen molar-refractivity contribution in [2.75, 3.05) is 84.8 Å². The zero-order chi connectivity index (χ0) is 34.6. The topological polar surface area (TPSA) is 295 Å². The molecule has 0 aromatic rings. The summed E-state index contributed by atoms with van der Waals surface area (Å²) in [6.07, 6.45) is 0.408. The van der Waals surface area contributed by atoms with E-state index >= 15 is 0 Å². The minimum absolute atomic E-state index is 0.0218. The summed E-state index contributed by atoms with van der Waals surface area (Å²) in [5, 5.41) is 12.6. The van der Waals surface area contributed by atoms with Crippen LogP contribution in [0.2, 0.25) is 0 Å². The van der Waals surface area contributed by atoms with Crippen LogP contribution in [0, 0.1) is 0 Å². The van der Waals surface area contributed by atoms with E-state index in [2.05, 4.69) is 39.2 Å². The molecule has 0 bridgehead atoms. The van der Waals surface area contributed by atoms with Crippen LogP contribution >= 0.6 is 12.6 Å². The van der Waals surface area contributed by atoms with Crippen LogP contribution in [0.15, 0.2) is 0 Å². The second kappa shape index (κ2) is 27.9. The lowest BCUT2D eigenvalue weighted by molar-refractivity contribution is -0.129. The molecule has 0 rings (SSSR count). The summed E-state index contributed by atoms with van der Waals surface area (Å²) in [6, 6.07) is -2.74. The highest BCUT2D eigenvalue weighted by Crippen LogP contribution is 1.98. The molecule has 264 valence electrons. The first-order chi connectivity index (χ1) is 22.0. The molecule has 46 heavy (non-hydrogen) atoms. The number of hydrogen-bond acceptors (Lipinski definition) is 14. The molecule has 0 saturated heterocycles. The molecule has 0 aliphatic rings. The number of hydrogen-bond donors (Lipinski definition) is 9. The molecule has 20 heteroatoms. The quantitative estimate of drug-likeness (QED) is 0.0195. The molecule has 0 spiro atoms. The van der Waals surface area contributed by atoms with Gasteiger partial charge in [-0.05, 0) is 6.42 Å². The predicted molar refractivity (Wildman–Crippen MR) is 166 cm³/mol. The number of ether oxygens (including phenoxy) is 4. The van der Waals surface area contributed by atoms with Crippen molar-refractivity contribution in [2.45, 2.75) is 37.4 Å². The van der Waals surface area contributed by atoms with Gasteiger partial charge in [0.15, 0.2) is 0 Å². The summed E-state index contributed by atoms with van der Waals surface area (Å²) in [5.41, 5.74) is 15.5. The van der Waals surface area contributed by atoms with Gasteiger partial charge in [-0.2, -0.15) is 12.6 Å². The van der Waals surface area contributed by atoms with Crippen molar-refractivity contribution in [2.24, 2.45) is 17.2 Å². The SMILES string of the molecule is NCC(=O)NC(C=O)CNCC(=O)NC(CCC(N)=O)C(=O)NCCOCCOCCOCCOCCC(=O)NC(CS)C(N)=O. The minimum atomic E-state index is -1.03. The normalized spacial score (nSPS) is 12.7.